The van der Waals surface area contributed by atoms with E-state index in [9.17, 15) is 4.79 Å². The second-order valence-corrected chi connectivity index (χ2v) is 6.42. The number of carbonyl (C=O) groups excluding carboxylic acids is 1. The highest BCUT2D eigenvalue weighted by molar-refractivity contribution is 9.10. The third-order valence-electron chi connectivity index (χ3n) is 4.13. The van der Waals surface area contributed by atoms with Crippen molar-refractivity contribution in [3.8, 4) is 5.75 Å². The van der Waals surface area contributed by atoms with Crippen molar-refractivity contribution < 1.29 is 14.3 Å². The van der Waals surface area contributed by atoms with E-state index in [2.05, 4.69) is 22.9 Å². The normalized spacial score (nSPS) is 18.2. The number of benzene rings is 2. The van der Waals surface area contributed by atoms with E-state index in [-0.39, 0.29) is 18.6 Å². The van der Waals surface area contributed by atoms with E-state index in [0.717, 1.165) is 21.7 Å². The molecule has 1 aliphatic rings. The van der Waals surface area contributed by atoms with Crippen LogP contribution in [0.15, 0.2) is 40.9 Å². The lowest BCUT2D eigenvalue weighted by Gasteiger charge is -2.32. The van der Waals surface area contributed by atoms with Crippen LogP contribution in [0.5, 0.6) is 5.75 Å². The molecule has 0 radical (unpaired) electrons. The Morgan fingerprint density at radius 3 is 3.00 bits per heavy atom. The average molecular weight is 378 g/mol. The van der Waals surface area contributed by atoms with Crippen molar-refractivity contribution in [1.82, 2.24) is 4.90 Å². The highest BCUT2D eigenvalue weighted by atomic mass is 79.9. The van der Waals surface area contributed by atoms with Gasteiger partial charge in [0.2, 0.25) is 0 Å². The third kappa shape index (κ3) is 3.67. The van der Waals surface area contributed by atoms with Gasteiger partial charge in [-0.25, -0.2) is 0 Å². The number of halogens is 1. The standard InChI is InChI=1S/C18H20BrNO3/c1-2-14-11-20(9-10-22-14)17(21)12-23-16-8-7-13-5-3-4-6-15(13)18(16)19/h3-8,14H,2,9-12H2,1H3/t14-/m1/s1. The summed E-state index contributed by atoms with van der Waals surface area (Å²) in [5.41, 5.74) is 0. The molecule has 3 rings (SSSR count). The Morgan fingerprint density at radius 1 is 1.35 bits per heavy atom. The molecule has 0 aliphatic carbocycles. The summed E-state index contributed by atoms with van der Waals surface area (Å²) in [6, 6.07) is 12.0. The number of fused-ring (bicyclic) bond motifs is 1. The lowest BCUT2D eigenvalue weighted by atomic mass is 10.1. The number of hydrogen-bond acceptors (Lipinski definition) is 3. The molecule has 0 saturated carbocycles. The van der Waals surface area contributed by atoms with Gasteiger partial charge in [-0.3, -0.25) is 4.79 Å². The van der Waals surface area contributed by atoms with Crippen LogP contribution in [0.1, 0.15) is 13.3 Å². The van der Waals surface area contributed by atoms with Crippen LogP contribution < -0.4 is 4.74 Å². The zero-order valence-corrected chi connectivity index (χ0v) is 14.7. The molecule has 1 saturated heterocycles. The van der Waals surface area contributed by atoms with Crippen LogP contribution >= 0.6 is 15.9 Å². The third-order valence-corrected chi connectivity index (χ3v) is 4.94. The molecule has 0 unspecified atom stereocenters. The number of rotatable bonds is 4. The number of hydrogen-bond donors (Lipinski definition) is 0. The van der Waals surface area contributed by atoms with E-state index in [0.29, 0.717) is 25.4 Å². The van der Waals surface area contributed by atoms with E-state index in [4.69, 9.17) is 9.47 Å². The van der Waals surface area contributed by atoms with Gasteiger partial charge in [-0.05, 0) is 39.2 Å². The largest absolute Gasteiger partial charge is 0.483 e. The molecule has 122 valence electrons. The summed E-state index contributed by atoms with van der Waals surface area (Å²) < 4.78 is 12.2. The molecule has 1 fully saturated rings. The highest BCUT2D eigenvalue weighted by Gasteiger charge is 2.23. The molecule has 0 spiro atoms. The summed E-state index contributed by atoms with van der Waals surface area (Å²) in [5, 5.41) is 2.21. The lowest BCUT2D eigenvalue weighted by molar-refractivity contribution is -0.141. The molecule has 1 aliphatic heterocycles. The maximum Gasteiger partial charge on any atom is 0.260 e. The molecular formula is C18H20BrNO3. The Kier molecular flexibility index (Phi) is 5.18. The predicted octanol–water partition coefficient (Wildman–Crippen LogP) is 3.62. The molecule has 23 heavy (non-hydrogen) atoms. The minimum absolute atomic E-state index is 0.00630. The fraction of sp³-hybridized carbons (Fsp3) is 0.389. The van der Waals surface area contributed by atoms with E-state index >= 15 is 0 Å². The Labute approximate surface area is 144 Å². The van der Waals surface area contributed by atoms with Gasteiger partial charge in [0.25, 0.3) is 5.91 Å². The van der Waals surface area contributed by atoms with E-state index in [1.807, 2.05) is 41.3 Å². The van der Waals surface area contributed by atoms with Crippen LogP contribution in [0.25, 0.3) is 10.8 Å². The lowest BCUT2D eigenvalue weighted by Crippen LogP contribution is -2.47. The summed E-state index contributed by atoms with van der Waals surface area (Å²) in [7, 11) is 0. The van der Waals surface area contributed by atoms with Crippen LogP contribution in [0.2, 0.25) is 0 Å². The molecule has 0 bridgehead atoms. The summed E-state index contributed by atoms with van der Waals surface area (Å²) in [4.78, 5) is 14.2. The molecule has 2 aromatic rings. The topological polar surface area (TPSA) is 38.8 Å². The van der Waals surface area contributed by atoms with Crippen molar-refractivity contribution in [2.24, 2.45) is 0 Å². The summed E-state index contributed by atoms with van der Waals surface area (Å²) >= 11 is 3.58. The van der Waals surface area contributed by atoms with Gasteiger partial charge >= 0.3 is 0 Å². The van der Waals surface area contributed by atoms with Gasteiger partial charge in [0, 0.05) is 13.1 Å². The zero-order chi connectivity index (χ0) is 16.2. The first kappa shape index (κ1) is 16.3. The van der Waals surface area contributed by atoms with Gasteiger partial charge in [0.05, 0.1) is 17.2 Å². The maximum atomic E-state index is 12.3. The van der Waals surface area contributed by atoms with Crippen molar-refractivity contribution in [2.75, 3.05) is 26.3 Å². The maximum absolute atomic E-state index is 12.3. The SMILES string of the molecule is CC[C@@H]1CN(C(=O)COc2ccc3ccccc3c2Br)CCO1. The van der Waals surface area contributed by atoms with Gasteiger partial charge in [-0.1, -0.05) is 37.3 Å². The van der Waals surface area contributed by atoms with Gasteiger partial charge in [0.1, 0.15) is 5.75 Å². The van der Waals surface area contributed by atoms with Crippen LogP contribution in [-0.2, 0) is 9.53 Å². The molecule has 1 heterocycles. The quantitative estimate of drug-likeness (QED) is 0.816. The monoisotopic (exact) mass is 377 g/mol. The first-order valence-corrected chi connectivity index (χ1v) is 8.67. The predicted molar refractivity (Wildman–Crippen MR) is 93.8 cm³/mol. The van der Waals surface area contributed by atoms with Crippen molar-refractivity contribution in [2.45, 2.75) is 19.4 Å². The van der Waals surface area contributed by atoms with Gasteiger partial charge in [0.15, 0.2) is 6.61 Å². The van der Waals surface area contributed by atoms with Crippen LogP contribution in [0.4, 0.5) is 0 Å². The van der Waals surface area contributed by atoms with Crippen molar-refractivity contribution in [3.05, 3.63) is 40.9 Å². The van der Waals surface area contributed by atoms with Crippen molar-refractivity contribution in [3.63, 3.8) is 0 Å². The van der Waals surface area contributed by atoms with Crippen molar-refractivity contribution >= 4 is 32.6 Å². The van der Waals surface area contributed by atoms with E-state index < -0.39 is 0 Å². The van der Waals surface area contributed by atoms with Gasteiger partial charge in [-0.15, -0.1) is 0 Å². The smallest absolute Gasteiger partial charge is 0.260 e. The zero-order valence-electron chi connectivity index (χ0n) is 13.1. The first-order valence-electron chi connectivity index (χ1n) is 7.88. The Hall–Kier alpha value is -1.59. The molecule has 2 aromatic carbocycles. The fourth-order valence-corrected chi connectivity index (χ4v) is 3.36. The first-order chi connectivity index (χ1) is 11.2. The summed E-state index contributed by atoms with van der Waals surface area (Å²) in [6.07, 6.45) is 1.06. The summed E-state index contributed by atoms with van der Waals surface area (Å²) in [5.74, 6) is 0.698. The van der Waals surface area contributed by atoms with Crippen LogP contribution in [0.3, 0.4) is 0 Å². The van der Waals surface area contributed by atoms with Crippen LogP contribution in [-0.4, -0.2) is 43.2 Å². The highest BCUT2D eigenvalue weighted by Crippen LogP contribution is 2.33. The minimum Gasteiger partial charge on any atom is -0.483 e. The number of amides is 1. The number of carbonyl (C=O) groups is 1. The Balaban J connectivity index is 1.66. The molecule has 1 amide bonds. The van der Waals surface area contributed by atoms with E-state index in [1.54, 1.807) is 0 Å². The Morgan fingerprint density at radius 2 is 2.17 bits per heavy atom. The number of nitrogens with zero attached hydrogens (tertiary/aromatic N) is 1. The second-order valence-electron chi connectivity index (χ2n) is 5.63. The fourth-order valence-electron chi connectivity index (χ4n) is 2.75. The van der Waals surface area contributed by atoms with Crippen LogP contribution in [0, 0.1) is 0 Å². The molecular weight excluding hydrogens is 358 g/mol. The molecule has 1 atom stereocenters. The van der Waals surface area contributed by atoms with Crippen molar-refractivity contribution in [1.29, 1.82) is 0 Å². The summed E-state index contributed by atoms with van der Waals surface area (Å²) in [6.45, 7) is 4.01. The average Bonchev–Trinajstić information content (AvgIpc) is 2.61. The second kappa shape index (κ2) is 7.32. The molecule has 0 aromatic heterocycles. The minimum atomic E-state index is 0.00630. The molecule has 5 heteroatoms. The van der Waals surface area contributed by atoms with E-state index in [1.165, 1.54) is 0 Å². The number of ether oxygens (including phenoxy) is 2. The van der Waals surface area contributed by atoms with Gasteiger partial charge < -0.3 is 14.4 Å². The molecule has 0 N–H and O–H groups in total. The molecule has 4 nitrogen and oxygen atoms in total. The Bertz CT molecular complexity index is 704. The van der Waals surface area contributed by atoms with Gasteiger partial charge in [-0.2, -0.15) is 0 Å². The number of morpholine rings is 1.